The maximum Gasteiger partial charge on any atom is 0.0428 e. The highest BCUT2D eigenvalue weighted by Gasteiger charge is 1.80. The first-order valence-electron chi connectivity index (χ1n) is 3.82. The zero-order chi connectivity index (χ0) is 7.94. The normalized spacial score (nSPS) is 8.45. The fourth-order valence-corrected chi connectivity index (χ4v) is 0.726. The SMILES string of the molecule is CCCC#Cc1cccnc1. The van der Waals surface area contributed by atoms with E-state index in [1.807, 2.05) is 12.1 Å². The van der Waals surface area contributed by atoms with E-state index in [1.54, 1.807) is 12.4 Å². The van der Waals surface area contributed by atoms with Gasteiger partial charge in [-0.3, -0.25) is 4.98 Å². The van der Waals surface area contributed by atoms with E-state index < -0.39 is 0 Å². The lowest BCUT2D eigenvalue weighted by Gasteiger charge is -1.84. The van der Waals surface area contributed by atoms with E-state index in [9.17, 15) is 0 Å². The van der Waals surface area contributed by atoms with E-state index in [1.165, 1.54) is 0 Å². The van der Waals surface area contributed by atoms with E-state index in [0.29, 0.717) is 0 Å². The number of pyridine rings is 1. The van der Waals surface area contributed by atoms with Crippen LogP contribution in [-0.2, 0) is 0 Å². The summed E-state index contributed by atoms with van der Waals surface area (Å²) in [7, 11) is 0. The molecule has 1 heteroatoms. The molecular formula is C10H11N. The summed E-state index contributed by atoms with van der Waals surface area (Å²) >= 11 is 0. The molecule has 11 heavy (non-hydrogen) atoms. The van der Waals surface area contributed by atoms with Gasteiger partial charge in [-0.2, -0.15) is 0 Å². The van der Waals surface area contributed by atoms with E-state index in [-0.39, 0.29) is 0 Å². The second-order valence-electron chi connectivity index (χ2n) is 2.29. The van der Waals surface area contributed by atoms with Crippen LogP contribution in [0.5, 0.6) is 0 Å². The Labute approximate surface area is 67.5 Å². The van der Waals surface area contributed by atoms with Crippen LogP contribution >= 0.6 is 0 Å². The number of rotatable bonds is 1. The Morgan fingerprint density at radius 2 is 2.45 bits per heavy atom. The fraction of sp³-hybridized carbons (Fsp3) is 0.300. The van der Waals surface area contributed by atoms with Gasteiger partial charge in [0.25, 0.3) is 0 Å². The zero-order valence-electron chi connectivity index (χ0n) is 6.67. The smallest absolute Gasteiger partial charge is 0.0428 e. The Balaban J connectivity index is 2.59. The molecule has 0 aliphatic carbocycles. The molecule has 0 unspecified atom stereocenters. The van der Waals surface area contributed by atoms with Gasteiger partial charge < -0.3 is 0 Å². The van der Waals surface area contributed by atoms with Crippen molar-refractivity contribution in [2.75, 3.05) is 0 Å². The lowest BCUT2D eigenvalue weighted by Crippen LogP contribution is -1.74. The average Bonchev–Trinajstić information content (AvgIpc) is 2.07. The minimum absolute atomic E-state index is 0.967. The van der Waals surface area contributed by atoms with Crippen molar-refractivity contribution in [3.63, 3.8) is 0 Å². The third-order valence-corrected chi connectivity index (χ3v) is 1.27. The number of hydrogen-bond acceptors (Lipinski definition) is 1. The Morgan fingerprint density at radius 3 is 3.09 bits per heavy atom. The summed E-state index contributed by atoms with van der Waals surface area (Å²) in [5.74, 6) is 6.09. The molecule has 1 rings (SSSR count). The number of aromatic nitrogens is 1. The Kier molecular flexibility index (Phi) is 3.21. The van der Waals surface area contributed by atoms with Gasteiger partial charge in [-0.25, -0.2) is 0 Å². The van der Waals surface area contributed by atoms with Crippen LogP contribution in [0, 0.1) is 11.8 Å². The van der Waals surface area contributed by atoms with E-state index >= 15 is 0 Å². The zero-order valence-corrected chi connectivity index (χ0v) is 6.67. The molecule has 0 atom stereocenters. The maximum absolute atomic E-state index is 3.96. The predicted octanol–water partition coefficient (Wildman–Crippen LogP) is 2.23. The molecule has 1 heterocycles. The maximum atomic E-state index is 3.96. The highest BCUT2D eigenvalue weighted by Crippen LogP contribution is 1.92. The summed E-state index contributed by atoms with van der Waals surface area (Å²) in [5.41, 5.74) is 1.00. The molecule has 0 spiro atoms. The summed E-state index contributed by atoms with van der Waals surface area (Å²) < 4.78 is 0. The first-order chi connectivity index (χ1) is 5.43. The van der Waals surface area contributed by atoms with Crippen LogP contribution in [0.1, 0.15) is 25.3 Å². The lowest BCUT2D eigenvalue weighted by atomic mass is 10.2. The van der Waals surface area contributed by atoms with Crippen molar-refractivity contribution >= 4 is 0 Å². The third-order valence-electron chi connectivity index (χ3n) is 1.27. The Bertz CT molecular complexity index is 253. The van der Waals surface area contributed by atoms with Gasteiger partial charge >= 0.3 is 0 Å². The van der Waals surface area contributed by atoms with E-state index in [0.717, 1.165) is 18.4 Å². The Hall–Kier alpha value is -1.29. The van der Waals surface area contributed by atoms with Crippen LogP contribution in [-0.4, -0.2) is 4.98 Å². The average molecular weight is 145 g/mol. The van der Waals surface area contributed by atoms with Gasteiger partial charge in [0.05, 0.1) is 0 Å². The van der Waals surface area contributed by atoms with Crippen LogP contribution < -0.4 is 0 Å². The quantitative estimate of drug-likeness (QED) is 0.552. The minimum Gasteiger partial charge on any atom is -0.263 e. The first-order valence-corrected chi connectivity index (χ1v) is 3.82. The standard InChI is InChI=1S/C10H11N/c1-2-3-4-6-10-7-5-8-11-9-10/h5,7-9H,2-3H2,1H3. The monoisotopic (exact) mass is 145 g/mol. The molecule has 1 aromatic rings. The highest BCUT2D eigenvalue weighted by molar-refractivity contribution is 5.30. The van der Waals surface area contributed by atoms with Gasteiger partial charge in [0.15, 0.2) is 0 Å². The molecule has 0 aliphatic heterocycles. The van der Waals surface area contributed by atoms with E-state index in [2.05, 4.69) is 23.7 Å². The summed E-state index contributed by atoms with van der Waals surface area (Å²) in [6.07, 6.45) is 5.62. The molecule has 1 nitrogen and oxygen atoms in total. The molecule has 0 amide bonds. The second kappa shape index (κ2) is 4.51. The summed E-state index contributed by atoms with van der Waals surface area (Å²) in [6, 6.07) is 3.87. The van der Waals surface area contributed by atoms with Crippen LogP contribution in [0.15, 0.2) is 24.5 Å². The molecule has 0 saturated carbocycles. The second-order valence-corrected chi connectivity index (χ2v) is 2.29. The van der Waals surface area contributed by atoms with Gasteiger partial charge in [-0.05, 0) is 18.6 Å². The van der Waals surface area contributed by atoms with Crippen molar-refractivity contribution in [2.24, 2.45) is 0 Å². The molecule has 0 fully saturated rings. The van der Waals surface area contributed by atoms with Crippen LogP contribution in [0.2, 0.25) is 0 Å². The largest absolute Gasteiger partial charge is 0.263 e. The number of unbranched alkanes of at least 4 members (excludes halogenated alkanes) is 1. The first kappa shape index (κ1) is 7.81. The van der Waals surface area contributed by atoms with Crippen LogP contribution in [0.25, 0.3) is 0 Å². The van der Waals surface area contributed by atoms with Crippen molar-refractivity contribution in [3.8, 4) is 11.8 Å². The summed E-state index contributed by atoms with van der Waals surface area (Å²) in [4.78, 5) is 3.96. The molecular weight excluding hydrogens is 134 g/mol. The molecule has 0 aromatic carbocycles. The molecule has 0 aliphatic rings. The van der Waals surface area contributed by atoms with Gasteiger partial charge in [0, 0.05) is 24.4 Å². The summed E-state index contributed by atoms with van der Waals surface area (Å²) in [5, 5.41) is 0. The van der Waals surface area contributed by atoms with Gasteiger partial charge in [-0.1, -0.05) is 18.8 Å². The lowest BCUT2D eigenvalue weighted by molar-refractivity contribution is 0.983. The van der Waals surface area contributed by atoms with Gasteiger partial charge in [0.1, 0.15) is 0 Å². The summed E-state index contributed by atoms with van der Waals surface area (Å²) in [6.45, 7) is 2.12. The topological polar surface area (TPSA) is 12.9 Å². The fourth-order valence-electron chi connectivity index (χ4n) is 0.726. The van der Waals surface area contributed by atoms with E-state index in [4.69, 9.17) is 0 Å². The van der Waals surface area contributed by atoms with Crippen molar-refractivity contribution in [3.05, 3.63) is 30.1 Å². The van der Waals surface area contributed by atoms with Gasteiger partial charge in [0.2, 0.25) is 0 Å². The third kappa shape index (κ3) is 2.86. The molecule has 0 N–H and O–H groups in total. The minimum atomic E-state index is 0.967. The van der Waals surface area contributed by atoms with Crippen molar-refractivity contribution in [2.45, 2.75) is 19.8 Å². The van der Waals surface area contributed by atoms with Gasteiger partial charge in [-0.15, -0.1) is 0 Å². The van der Waals surface area contributed by atoms with Crippen LogP contribution in [0.4, 0.5) is 0 Å². The van der Waals surface area contributed by atoms with Crippen molar-refractivity contribution < 1.29 is 0 Å². The van der Waals surface area contributed by atoms with Crippen molar-refractivity contribution in [1.82, 2.24) is 4.98 Å². The molecule has 0 radical (unpaired) electrons. The number of hydrogen-bond donors (Lipinski definition) is 0. The van der Waals surface area contributed by atoms with Crippen LogP contribution in [0.3, 0.4) is 0 Å². The Morgan fingerprint density at radius 1 is 1.55 bits per heavy atom. The molecule has 0 bridgehead atoms. The molecule has 1 aromatic heterocycles. The highest BCUT2D eigenvalue weighted by atomic mass is 14.6. The number of nitrogens with zero attached hydrogens (tertiary/aromatic N) is 1. The van der Waals surface area contributed by atoms with Crippen molar-refractivity contribution in [1.29, 1.82) is 0 Å². The molecule has 56 valence electrons. The predicted molar refractivity (Wildman–Crippen MR) is 46.0 cm³/mol. The molecule has 0 saturated heterocycles.